The molecule has 0 unspecified atom stereocenters. The van der Waals surface area contributed by atoms with Crippen LogP contribution in [0.2, 0.25) is 0 Å². The normalized spacial score (nSPS) is 15.0. The highest BCUT2D eigenvalue weighted by atomic mass is 16.5. The number of benzene rings is 2. The summed E-state index contributed by atoms with van der Waals surface area (Å²) in [6.45, 7) is 3.82. The van der Waals surface area contributed by atoms with Gasteiger partial charge in [0.05, 0.1) is 0 Å². The number of rotatable bonds is 6. The highest BCUT2D eigenvalue weighted by Crippen LogP contribution is 2.27. The Hall–Kier alpha value is -2.53. The number of amides is 1. The highest BCUT2D eigenvalue weighted by Gasteiger charge is 2.19. The van der Waals surface area contributed by atoms with Crippen molar-refractivity contribution in [3.63, 3.8) is 0 Å². The van der Waals surface area contributed by atoms with Gasteiger partial charge >= 0.3 is 0 Å². The van der Waals surface area contributed by atoms with E-state index in [4.69, 9.17) is 9.47 Å². The van der Waals surface area contributed by atoms with Crippen molar-refractivity contribution in [3.05, 3.63) is 60.2 Å². The van der Waals surface area contributed by atoms with Gasteiger partial charge in [-0.3, -0.25) is 4.79 Å². The van der Waals surface area contributed by atoms with Gasteiger partial charge in [-0.2, -0.15) is 0 Å². The maximum atomic E-state index is 12.3. The van der Waals surface area contributed by atoms with Gasteiger partial charge in [0.15, 0.2) is 18.1 Å². The smallest absolute Gasteiger partial charge is 0.260 e. The third kappa shape index (κ3) is 4.97. The van der Waals surface area contributed by atoms with E-state index in [1.165, 1.54) is 0 Å². The molecule has 132 valence electrons. The van der Waals surface area contributed by atoms with Crippen LogP contribution in [0, 0.1) is 0 Å². The monoisotopic (exact) mass is 340 g/mol. The molecule has 0 atom stereocenters. The Morgan fingerprint density at radius 2 is 1.48 bits per heavy atom. The van der Waals surface area contributed by atoms with Crippen molar-refractivity contribution in [2.45, 2.75) is 6.61 Å². The summed E-state index contributed by atoms with van der Waals surface area (Å²) < 4.78 is 11.6. The van der Waals surface area contributed by atoms with Crippen LogP contribution < -0.4 is 9.47 Å². The minimum Gasteiger partial charge on any atom is -0.485 e. The number of nitrogens with zero attached hydrogens (tertiary/aromatic N) is 2. The molecule has 1 heterocycles. The quantitative estimate of drug-likeness (QED) is 0.810. The molecule has 1 aliphatic heterocycles. The first-order chi connectivity index (χ1) is 12.2. The summed E-state index contributed by atoms with van der Waals surface area (Å²) >= 11 is 0. The summed E-state index contributed by atoms with van der Waals surface area (Å²) in [5.74, 6) is 1.27. The molecule has 25 heavy (non-hydrogen) atoms. The molecule has 2 aromatic rings. The fourth-order valence-electron chi connectivity index (χ4n) is 2.71. The predicted molar refractivity (Wildman–Crippen MR) is 96.8 cm³/mol. The van der Waals surface area contributed by atoms with Gasteiger partial charge in [-0.05, 0) is 24.7 Å². The Labute approximate surface area is 148 Å². The molecule has 0 bridgehead atoms. The Bertz CT molecular complexity index is 682. The lowest BCUT2D eigenvalue weighted by Gasteiger charge is -2.32. The van der Waals surface area contributed by atoms with E-state index in [0.717, 1.165) is 31.7 Å². The van der Waals surface area contributed by atoms with Crippen LogP contribution in [0.3, 0.4) is 0 Å². The SMILES string of the molecule is CN1CCN(C(=O)COc2ccccc2OCc2ccccc2)CC1. The molecular weight excluding hydrogens is 316 g/mol. The molecular formula is C20H24N2O3. The van der Waals surface area contributed by atoms with Crippen molar-refractivity contribution >= 4 is 5.91 Å². The Kier molecular flexibility index (Phi) is 5.90. The van der Waals surface area contributed by atoms with E-state index >= 15 is 0 Å². The van der Waals surface area contributed by atoms with Gasteiger partial charge < -0.3 is 19.3 Å². The molecule has 0 N–H and O–H groups in total. The molecule has 1 fully saturated rings. The van der Waals surface area contributed by atoms with E-state index in [2.05, 4.69) is 11.9 Å². The Morgan fingerprint density at radius 3 is 2.16 bits per heavy atom. The van der Waals surface area contributed by atoms with Crippen LogP contribution in [-0.4, -0.2) is 55.5 Å². The second-order valence-electron chi connectivity index (χ2n) is 6.19. The van der Waals surface area contributed by atoms with Gasteiger partial charge in [-0.25, -0.2) is 0 Å². The van der Waals surface area contributed by atoms with E-state index < -0.39 is 0 Å². The van der Waals surface area contributed by atoms with Crippen LogP contribution >= 0.6 is 0 Å². The van der Waals surface area contributed by atoms with Crippen molar-refractivity contribution in [2.24, 2.45) is 0 Å². The van der Waals surface area contributed by atoms with E-state index in [-0.39, 0.29) is 12.5 Å². The average Bonchev–Trinajstić information content (AvgIpc) is 2.66. The van der Waals surface area contributed by atoms with Crippen molar-refractivity contribution in [2.75, 3.05) is 39.8 Å². The van der Waals surface area contributed by atoms with Crippen LogP contribution in [0.1, 0.15) is 5.56 Å². The minimum atomic E-state index is 0.0194. The number of para-hydroxylation sites is 2. The van der Waals surface area contributed by atoms with E-state index in [1.807, 2.05) is 59.5 Å². The van der Waals surface area contributed by atoms with E-state index in [9.17, 15) is 4.79 Å². The summed E-state index contributed by atoms with van der Waals surface area (Å²) in [4.78, 5) is 16.4. The largest absolute Gasteiger partial charge is 0.485 e. The maximum Gasteiger partial charge on any atom is 0.260 e. The van der Waals surface area contributed by atoms with Gasteiger partial charge in [0.1, 0.15) is 6.61 Å². The standard InChI is InChI=1S/C20H24N2O3/c1-21-11-13-22(14-12-21)20(23)16-25-19-10-6-5-9-18(19)24-15-17-7-3-2-4-8-17/h2-10H,11-16H2,1H3. The van der Waals surface area contributed by atoms with Crippen molar-refractivity contribution in [1.29, 1.82) is 0 Å². The molecule has 0 spiro atoms. The highest BCUT2D eigenvalue weighted by molar-refractivity contribution is 5.78. The van der Waals surface area contributed by atoms with E-state index in [1.54, 1.807) is 0 Å². The zero-order valence-electron chi connectivity index (χ0n) is 14.6. The van der Waals surface area contributed by atoms with Crippen LogP contribution in [0.5, 0.6) is 11.5 Å². The third-order valence-electron chi connectivity index (χ3n) is 4.29. The summed E-state index contributed by atoms with van der Waals surface area (Å²) in [5, 5.41) is 0. The van der Waals surface area contributed by atoms with Crippen LogP contribution in [0.25, 0.3) is 0 Å². The summed E-state index contributed by atoms with van der Waals surface area (Å²) in [7, 11) is 2.07. The summed E-state index contributed by atoms with van der Waals surface area (Å²) in [5.41, 5.74) is 1.09. The zero-order chi connectivity index (χ0) is 17.5. The van der Waals surface area contributed by atoms with Crippen LogP contribution in [0.4, 0.5) is 0 Å². The first kappa shape index (κ1) is 17.3. The fourth-order valence-corrected chi connectivity index (χ4v) is 2.71. The molecule has 0 aliphatic carbocycles. The first-order valence-electron chi connectivity index (χ1n) is 8.57. The van der Waals surface area contributed by atoms with Crippen molar-refractivity contribution in [3.8, 4) is 11.5 Å². The Balaban J connectivity index is 1.54. The zero-order valence-corrected chi connectivity index (χ0v) is 14.6. The molecule has 5 nitrogen and oxygen atoms in total. The number of hydrogen-bond acceptors (Lipinski definition) is 4. The van der Waals surface area contributed by atoms with Gasteiger partial charge in [0.2, 0.25) is 0 Å². The first-order valence-corrected chi connectivity index (χ1v) is 8.57. The molecule has 0 saturated carbocycles. The molecule has 1 amide bonds. The lowest BCUT2D eigenvalue weighted by Crippen LogP contribution is -2.48. The van der Waals surface area contributed by atoms with E-state index in [0.29, 0.717) is 18.1 Å². The number of likely N-dealkylation sites (N-methyl/N-ethyl adjacent to an activating group) is 1. The second-order valence-corrected chi connectivity index (χ2v) is 6.19. The van der Waals surface area contributed by atoms with Crippen LogP contribution in [0.15, 0.2) is 54.6 Å². The topological polar surface area (TPSA) is 42.0 Å². The van der Waals surface area contributed by atoms with Crippen LogP contribution in [-0.2, 0) is 11.4 Å². The minimum absolute atomic E-state index is 0.0194. The maximum absolute atomic E-state index is 12.3. The molecule has 5 heteroatoms. The number of hydrogen-bond donors (Lipinski definition) is 0. The molecule has 0 aromatic heterocycles. The lowest BCUT2D eigenvalue weighted by molar-refractivity contribution is -0.134. The number of ether oxygens (including phenoxy) is 2. The molecule has 0 radical (unpaired) electrons. The molecule has 2 aromatic carbocycles. The Morgan fingerprint density at radius 1 is 0.880 bits per heavy atom. The summed E-state index contributed by atoms with van der Waals surface area (Å²) in [6.07, 6.45) is 0. The van der Waals surface area contributed by atoms with Gasteiger partial charge in [0, 0.05) is 26.2 Å². The molecule has 1 saturated heterocycles. The second kappa shape index (κ2) is 8.53. The molecule has 3 rings (SSSR count). The van der Waals surface area contributed by atoms with Crippen molar-refractivity contribution in [1.82, 2.24) is 9.80 Å². The van der Waals surface area contributed by atoms with Gasteiger partial charge in [-0.15, -0.1) is 0 Å². The third-order valence-corrected chi connectivity index (χ3v) is 4.29. The summed E-state index contributed by atoms with van der Waals surface area (Å²) in [6, 6.07) is 17.4. The number of carbonyl (C=O) groups excluding carboxylic acids is 1. The van der Waals surface area contributed by atoms with Gasteiger partial charge in [0.25, 0.3) is 5.91 Å². The fraction of sp³-hybridized carbons (Fsp3) is 0.350. The number of carbonyl (C=O) groups is 1. The predicted octanol–water partition coefficient (Wildman–Crippen LogP) is 2.42. The number of piperazine rings is 1. The van der Waals surface area contributed by atoms with Gasteiger partial charge in [-0.1, -0.05) is 42.5 Å². The van der Waals surface area contributed by atoms with Crippen molar-refractivity contribution < 1.29 is 14.3 Å². The lowest BCUT2D eigenvalue weighted by atomic mass is 10.2. The molecule has 1 aliphatic rings. The average molecular weight is 340 g/mol.